The van der Waals surface area contributed by atoms with Crippen molar-refractivity contribution in [3.63, 3.8) is 0 Å². The molecule has 1 N–H and O–H groups in total. The third kappa shape index (κ3) is 4.03. The molecule has 0 unspecified atom stereocenters. The van der Waals surface area contributed by atoms with Crippen LogP contribution in [0, 0.1) is 5.82 Å². The van der Waals surface area contributed by atoms with E-state index in [0.717, 1.165) is 18.4 Å². The Hall–Kier alpha value is -1.38. The van der Waals surface area contributed by atoms with Crippen molar-refractivity contribution in [1.29, 1.82) is 0 Å². The standard InChI is InChI=1S/C11H13FO2/c12-10-6-3-5-9(8-10)4-1-2-7-11(13)14/h3,5-6,8H,1-2,4,7H2,(H,13,14). The van der Waals surface area contributed by atoms with Crippen molar-refractivity contribution in [2.75, 3.05) is 0 Å². The van der Waals surface area contributed by atoms with Crippen molar-refractivity contribution in [3.8, 4) is 0 Å². The van der Waals surface area contributed by atoms with Gasteiger partial charge in [0.25, 0.3) is 0 Å². The van der Waals surface area contributed by atoms with E-state index in [-0.39, 0.29) is 12.2 Å². The minimum absolute atomic E-state index is 0.190. The van der Waals surface area contributed by atoms with Crippen molar-refractivity contribution in [1.82, 2.24) is 0 Å². The maximum absolute atomic E-state index is 12.7. The number of carboxylic acid groups (broad SMARTS) is 1. The Bertz CT molecular complexity index is 310. The maximum Gasteiger partial charge on any atom is 0.303 e. The lowest BCUT2D eigenvalue weighted by Gasteiger charge is -2.00. The minimum Gasteiger partial charge on any atom is -0.481 e. The number of aliphatic carboxylic acids is 1. The summed E-state index contributed by atoms with van der Waals surface area (Å²) in [5, 5.41) is 8.39. The topological polar surface area (TPSA) is 37.3 Å². The molecule has 0 atom stereocenters. The Morgan fingerprint density at radius 2 is 2.14 bits per heavy atom. The molecule has 14 heavy (non-hydrogen) atoms. The van der Waals surface area contributed by atoms with E-state index >= 15 is 0 Å². The molecule has 0 aliphatic heterocycles. The average Bonchev–Trinajstić information content (AvgIpc) is 2.12. The second-order valence-corrected chi connectivity index (χ2v) is 3.23. The lowest BCUT2D eigenvalue weighted by Crippen LogP contribution is -1.95. The largest absolute Gasteiger partial charge is 0.481 e. The Kier molecular flexibility index (Phi) is 4.11. The van der Waals surface area contributed by atoms with E-state index < -0.39 is 5.97 Å². The van der Waals surface area contributed by atoms with Gasteiger partial charge in [0, 0.05) is 6.42 Å². The van der Waals surface area contributed by atoms with E-state index in [2.05, 4.69) is 0 Å². The van der Waals surface area contributed by atoms with Crippen LogP contribution < -0.4 is 0 Å². The summed E-state index contributed by atoms with van der Waals surface area (Å²) >= 11 is 0. The maximum atomic E-state index is 12.7. The zero-order valence-electron chi connectivity index (χ0n) is 7.87. The van der Waals surface area contributed by atoms with Gasteiger partial charge in [-0.1, -0.05) is 12.1 Å². The fraction of sp³-hybridized carbons (Fsp3) is 0.364. The molecule has 0 radical (unpaired) electrons. The first kappa shape index (κ1) is 10.7. The molecular weight excluding hydrogens is 183 g/mol. The van der Waals surface area contributed by atoms with Crippen molar-refractivity contribution in [2.24, 2.45) is 0 Å². The van der Waals surface area contributed by atoms with Crippen LogP contribution in [-0.4, -0.2) is 11.1 Å². The first-order chi connectivity index (χ1) is 6.68. The molecule has 0 fully saturated rings. The fourth-order valence-electron chi connectivity index (χ4n) is 1.30. The number of halogens is 1. The molecule has 0 aliphatic rings. The Morgan fingerprint density at radius 3 is 2.79 bits per heavy atom. The van der Waals surface area contributed by atoms with Gasteiger partial charge in [0.05, 0.1) is 0 Å². The van der Waals surface area contributed by atoms with Gasteiger partial charge in [-0.2, -0.15) is 0 Å². The van der Waals surface area contributed by atoms with Gasteiger partial charge in [0.15, 0.2) is 0 Å². The Balaban J connectivity index is 2.28. The van der Waals surface area contributed by atoms with Gasteiger partial charge in [0.2, 0.25) is 0 Å². The van der Waals surface area contributed by atoms with Gasteiger partial charge in [-0.15, -0.1) is 0 Å². The zero-order valence-corrected chi connectivity index (χ0v) is 7.87. The molecule has 0 bridgehead atoms. The predicted molar refractivity (Wildman–Crippen MR) is 51.6 cm³/mol. The predicted octanol–water partition coefficient (Wildman–Crippen LogP) is 2.62. The van der Waals surface area contributed by atoms with Crippen LogP contribution in [0.4, 0.5) is 4.39 Å². The summed E-state index contributed by atoms with van der Waals surface area (Å²) in [6.07, 6.45) is 2.36. The first-order valence-corrected chi connectivity index (χ1v) is 4.65. The molecule has 0 saturated heterocycles. The number of hydrogen-bond donors (Lipinski definition) is 1. The molecule has 0 spiro atoms. The monoisotopic (exact) mass is 196 g/mol. The van der Waals surface area contributed by atoms with Crippen molar-refractivity contribution >= 4 is 5.97 Å². The van der Waals surface area contributed by atoms with Crippen LogP contribution in [0.1, 0.15) is 24.8 Å². The quantitative estimate of drug-likeness (QED) is 0.735. The number of aryl methyl sites for hydroxylation is 1. The Morgan fingerprint density at radius 1 is 1.36 bits per heavy atom. The van der Waals surface area contributed by atoms with Gasteiger partial charge in [-0.05, 0) is 37.0 Å². The van der Waals surface area contributed by atoms with Gasteiger partial charge in [0.1, 0.15) is 5.82 Å². The average molecular weight is 196 g/mol. The second kappa shape index (κ2) is 5.37. The molecule has 1 aromatic carbocycles. The number of carbonyl (C=O) groups is 1. The fourth-order valence-corrected chi connectivity index (χ4v) is 1.30. The molecule has 0 saturated carbocycles. The normalized spacial score (nSPS) is 10.1. The highest BCUT2D eigenvalue weighted by molar-refractivity contribution is 5.66. The van der Waals surface area contributed by atoms with Crippen LogP contribution >= 0.6 is 0 Å². The highest BCUT2D eigenvalue weighted by Gasteiger charge is 1.98. The molecule has 2 nitrogen and oxygen atoms in total. The van der Waals surface area contributed by atoms with Gasteiger partial charge in [-0.25, -0.2) is 4.39 Å². The molecule has 0 amide bonds. The number of rotatable bonds is 5. The lowest BCUT2D eigenvalue weighted by molar-refractivity contribution is -0.137. The van der Waals surface area contributed by atoms with Crippen molar-refractivity contribution < 1.29 is 14.3 Å². The van der Waals surface area contributed by atoms with Crippen LogP contribution in [0.15, 0.2) is 24.3 Å². The molecule has 0 aromatic heterocycles. The number of benzene rings is 1. The summed E-state index contributed by atoms with van der Waals surface area (Å²) in [7, 11) is 0. The second-order valence-electron chi connectivity index (χ2n) is 3.23. The summed E-state index contributed by atoms with van der Waals surface area (Å²) in [6.45, 7) is 0. The third-order valence-corrected chi connectivity index (χ3v) is 2.00. The summed E-state index contributed by atoms with van der Waals surface area (Å²) in [6, 6.07) is 6.41. The summed E-state index contributed by atoms with van der Waals surface area (Å²) in [4.78, 5) is 10.2. The molecule has 0 heterocycles. The van der Waals surface area contributed by atoms with Crippen LogP contribution in [0.25, 0.3) is 0 Å². The highest BCUT2D eigenvalue weighted by Crippen LogP contribution is 2.08. The van der Waals surface area contributed by atoms with Crippen molar-refractivity contribution in [3.05, 3.63) is 35.6 Å². The molecule has 1 rings (SSSR count). The van der Waals surface area contributed by atoms with E-state index in [1.54, 1.807) is 6.07 Å². The first-order valence-electron chi connectivity index (χ1n) is 4.65. The molecule has 76 valence electrons. The minimum atomic E-state index is -0.774. The number of carboxylic acids is 1. The Labute approximate surface area is 82.4 Å². The highest BCUT2D eigenvalue weighted by atomic mass is 19.1. The smallest absolute Gasteiger partial charge is 0.303 e. The van der Waals surface area contributed by atoms with Crippen LogP contribution in [-0.2, 0) is 11.2 Å². The molecule has 1 aromatic rings. The zero-order chi connectivity index (χ0) is 10.4. The molecular formula is C11H13FO2. The van der Waals surface area contributed by atoms with E-state index in [4.69, 9.17) is 5.11 Å². The van der Waals surface area contributed by atoms with Crippen LogP contribution in [0.2, 0.25) is 0 Å². The van der Waals surface area contributed by atoms with Crippen molar-refractivity contribution in [2.45, 2.75) is 25.7 Å². The lowest BCUT2D eigenvalue weighted by atomic mass is 10.1. The summed E-state index contributed by atoms with van der Waals surface area (Å²) in [5.41, 5.74) is 0.926. The van der Waals surface area contributed by atoms with E-state index in [1.165, 1.54) is 12.1 Å². The van der Waals surface area contributed by atoms with E-state index in [9.17, 15) is 9.18 Å². The molecule has 3 heteroatoms. The number of hydrogen-bond acceptors (Lipinski definition) is 1. The van der Waals surface area contributed by atoms with Crippen LogP contribution in [0.3, 0.4) is 0 Å². The van der Waals surface area contributed by atoms with Gasteiger partial charge in [-0.3, -0.25) is 4.79 Å². The SMILES string of the molecule is O=C(O)CCCCc1cccc(F)c1. The van der Waals surface area contributed by atoms with E-state index in [1.807, 2.05) is 6.07 Å². The van der Waals surface area contributed by atoms with Gasteiger partial charge >= 0.3 is 5.97 Å². The van der Waals surface area contributed by atoms with E-state index in [0.29, 0.717) is 6.42 Å². The molecule has 0 aliphatic carbocycles. The third-order valence-electron chi connectivity index (χ3n) is 2.00. The van der Waals surface area contributed by atoms with Gasteiger partial charge < -0.3 is 5.11 Å². The summed E-state index contributed by atoms with van der Waals surface area (Å²) < 4.78 is 12.7. The number of unbranched alkanes of at least 4 members (excludes halogenated alkanes) is 1. The van der Waals surface area contributed by atoms with Crippen LogP contribution in [0.5, 0.6) is 0 Å². The summed E-state index contributed by atoms with van der Waals surface area (Å²) in [5.74, 6) is -1.01.